The number of nitrogens with zero attached hydrogens (tertiary/aromatic N) is 2. The molecule has 1 aromatic rings. The van der Waals surface area contributed by atoms with Gasteiger partial charge in [0.1, 0.15) is 0 Å². The Bertz CT molecular complexity index is 515. The average Bonchev–Trinajstić information content (AvgIpc) is 2.97. The van der Waals surface area contributed by atoms with Crippen molar-refractivity contribution < 1.29 is 0 Å². The quantitative estimate of drug-likeness (QED) is 0.305. The van der Waals surface area contributed by atoms with Crippen LogP contribution in [0.3, 0.4) is 0 Å². The second kappa shape index (κ2) is 11.0. The summed E-state index contributed by atoms with van der Waals surface area (Å²) >= 11 is 0. The van der Waals surface area contributed by atoms with E-state index in [-0.39, 0.29) is 24.0 Å². The number of guanidine groups is 1. The third-order valence-corrected chi connectivity index (χ3v) is 5.27. The minimum Gasteiger partial charge on any atom is -0.370 e. The van der Waals surface area contributed by atoms with Crippen LogP contribution in [0.4, 0.5) is 0 Å². The molecular weight excluding hydrogens is 423 g/mol. The summed E-state index contributed by atoms with van der Waals surface area (Å²) in [5.41, 5.74) is 8.70. The van der Waals surface area contributed by atoms with Gasteiger partial charge >= 0.3 is 0 Å². The number of benzene rings is 1. The van der Waals surface area contributed by atoms with Crippen LogP contribution in [-0.2, 0) is 13.1 Å². The average molecular weight is 456 g/mol. The topological polar surface area (TPSA) is 53.6 Å². The van der Waals surface area contributed by atoms with Gasteiger partial charge in [0.2, 0.25) is 0 Å². The second-order valence-electron chi connectivity index (χ2n) is 7.33. The van der Waals surface area contributed by atoms with E-state index in [1.807, 2.05) is 0 Å². The molecule has 2 aliphatic rings. The Balaban J connectivity index is 0.00000225. The van der Waals surface area contributed by atoms with Gasteiger partial charge in [-0.05, 0) is 49.9 Å². The standard InChI is InChI=1S/C20H32N4.HI/c21-20(23-19-7-3-1-2-4-8-19)22-15-17-9-11-18(12-10-17)16-24-13-5-6-14-24;/h9-12,19H,1-8,13-16H2,(H3,21,22,23);1H. The smallest absolute Gasteiger partial charge is 0.189 e. The first-order valence-corrected chi connectivity index (χ1v) is 9.66. The zero-order valence-electron chi connectivity index (χ0n) is 15.3. The Morgan fingerprint density at radius 3 is 2.20 bits per heavy atom. The summed E-state index contributed by atoms with van der Waals surface area (Å²) in [5, 5.41) is 3.41. The van der Waals surface area contributed by atoms with E-state index in [9.17, 15) is 0 Å². The van der Waals surface area contributed by atoms with Gasteiger partial charge in [-0.2, -0.15) is 0 Å². The Labute approximate surface area is 169 Å². The molecule has 4 nitrogen and oxygen atoms in total. The van der Waals surface area contributed by atoms with Crippen LogP contribution in [0.25, 0.3) is 0 Å². The van der Waals surface area contributed by atoms with Gasteiger partial charge in [0, 0.05) is 12.6 Å². The fraction of sp³-hybridized carbons (Fsp3) is 0.650. The number of aliphatic imine (C=N–C) groups is 1. The van der Waals surface area contributed by atoms with Crippen LogP contribution in [0.5, 0.6) is 0 Å². The van der Waals surface area contributed by atoms with Crippen molar-refractivity contribution in [3.8, 4) is 0 Å². The van der Waals surface area contributed by atoms with E-state index in [4.69, 9.17) is 5.73 Å². The molecule has 0 spiro atoms. The number of likely N-dealkylation sites (tertiary alicyclic amines) is 1. The van der Waals surface area contributed by atoms with E-state index < -0.39 is 0 Å². The van der Waals surface area contributed by atoms with Crippen molar-refractivity contribution in [2.45, 2.75) is 70.5 Å². The minimum absolute atomic E-state index is 0. The maximum atomic E-state index is 6.07. The predicted molar refractivity (Wildman–Crippen MR) is 116 cm³/mol. The van der Waals surface area contributed by atoms with Crippen molar-refractivity contribution in [1.82, 2.24) is 10.2 Å². The van der Waals surface area contributed by atoms with Crippen molar-refractivity contribution in [2.75, 3.05) is 13.1 Å². The van der Waals surface area contributed by atoms with Gasteiger partial charge < -0.3 is 11.1 Å². The van der Waals surface area contributed by atoms with Gasteiger partial charge in [0.25, 0.3) is 0 Å². The number of hydrogen-bond donors (Lipinski definition) is 2. The maximum absolute atomic E-state index is 6.07. The van der Waals surface area contributed by atoms with Crippen LogP contribution in [0.15, 0.2) is 29.3 Å². The molecule has 5 heteroatoms. The SMILES string of the molecule is I.NC(=NCc1ccc(CN2CCCC2)cc1)NC1CCCCCC1. The lowest BCUT2D eigenvalue weighted by Gasteiger charge is -2.16. The highest BCUT2D eigenvalue weighted by Crippen LogP contribution is 2.17. The van der Waals surface area contributed by atoms with Crippen molar-refractivity contribution in [3.63, 3.8) is 0 Å². The third kappa shape index (κ3) is 7.13. The molecule has 0 unspecified atom stereocenters. The maximum Gasteiger partial charge on any atom is 0.189 e. The largest absolute Gasteiger partial charge is 0.370 e. The third-order valence-electron chi connectivity index (χ3n) is 5.27. The van der Waals surface area contributed by atoms with Crippen LogP contribution in [-0.4, -0.2) is 30.0 Å². The lowest BCUT2D eigenvalue weighted by Crippen LogP contribution is -2.39. The van der Waals surface area contributed by atoms with Gasteiger partial charge in [0.15, 0.2) is 5.96 Å². The summed E-state index contributed by atoms with van der Waals surface area (Å²) in [7, 11) is 0. The number of halogens is 1. The first-order chi connectivity index (χ1) is 11.8. The number of nitrogens with one attached hydrogen (secondary N) is 1. The highest BCUT2D eigenvalue weighted by atomic mass is 127. The molecule has 0 amide bonds. The van der Waals surface area contributed by atoms with E-state index >= 15 is 0 Å². The second-order valence-corrected chi connectivity index (χ2v) is 7.33. The lowest BCUT2D eigenvalue weighted by atomic mass is 10.1. The highest BCUT2D eigenvalue weighted by molar-refractivity contribution is 14.0. The molecule has 1 saturated heterocycles. The van der Waals surface area contributed by atoms with Gasteiger partial charge in [-0.3, -0.25) is 4.90 Å². The van der Waals surface area contributed by atoms with Crippen molar-refractivity contribution in [2.24, 2.45) is 10.7 Å². The zero-order valence-corrected chi connectivity index (χ0v) is 17.6. The highest BCUT2D eigenvalue weighted by Gasteiger charge is 2.13. The predicted octanol–water partition coefficient (Wildman–Crippen LogP) is 4.03. The molecule has 2 fully saturated rings. The summed E-state index contributed by atoms with van der Waals surface area (Å²) < 4.78 is 0. The van der Waals surface area contributed by atoms with Gasteiger partial charge in [0.05, 0.1) is 6.54 Å². The molecule has 3 N–H and O–H groups in total. The Hall–Kier alpha value is -0.820. The van der Waals surface area contributed by atoms with Gasteiger partial charge in [-0.15, -0.1) is 24.0 Å². The molecule has 3 rings (SSSR count). The molecule has 0 radical (unpaired) electrons. The normalized spacial score (nSPS) is 20.1. The molecule has 0 bridgehead atoms. The van der Waals surface area contributed by atoms with Crippen LogP contribution >= 0.6 is 24.0 Å². The number of nitrogens with two attached hydrogens (primary N) is 1. The molecule has 1 aromatic carbocycles. The fourth-order valence-electron chi connectivity index (χ4n) is 3.80. The summed E-state index contributed by atoms with van der Waals surface area (Å²) in [6.45, 7) is 4.23. The van der Waals surface area contributed by atoms with Crippen molar-refractivity contribution in [3.05, 3.63) is 35.4 Å². The van der Waals surface area contributed by atoms with Crippen LogP contribution in [0, 0.1) is 0 Å². The molecule has 1 aliphatic heterocycles. The van der Waals surface area contributed by atoms with Crippen molar-refractivity contribution >= 4 is 29.9 Å². The van der Waals surface area contributed by atoms with Crippen LogP contribution < -0.4 is 11.1 Å². The Kier molecular flexibility index (Phi) is 9.03. The molecule has 25 heavy (non-hydrogen) atoms. The van der Waals surface area contributed by atoms with E-state index in [1.54, 1.807) is 0 Å². The summed E-state index contributed by atoms with van der Waals surface area (Å²) in [6, 6.07) is 9.36. The first kappa shape index (κ1) is 20.5. The summed E-state index contributed by atoms with van der Waals surface area (Å²) in [5.74, 6) is 0.600. The Morgan fingerprint density at radius 2 is 1.56 bits per heavy atom. The molecule has 140 valence electrons. The summed E-state index contributed by atoms with van der Waals surface area (Å²) in [4.78, 5) is 7.05. The van der Waals surface area contributed by atoms with E-state index in [1.165, 1.54) is 75.6 Å². The lowest BCUT2D eigenvalue weighted by molar-refractivity contribution is 0.331. The zero-order chi connectivity index (χ0) is 16.6. The molecule has 1 saturated carbocycles. The first-order valence-electron chi connectivity index (χ1n) is 9.66. The monoisotopic (exact) mass is 456 g/mol. The van der Waals surface area contributed by atoms with E-state index in [0.717, 1.165) is 6.54 Å². The Morgan fingerprint density at radius 1 is 0.960 bits per heavy atom. The van der Waals surface area contributed by atoms with E-state index in [2.05, 4.69) is 39.5 Å². The summed E-state index contributed by atoms with van der Waals surface area (Å²) in [6.07, 6.45) is 10.5. The minimum atomic E-state index is 0. The molecular formula is C20H33IN4. The van der Waals surface area contributed by atoms with Gasteiger partial charge in [-0.25, -0.2) is 4.99 Å². The molecule has 0 atom stereocenters. The van der Waals surface area contributed by atoms with Crippen molar-refractivity contribution in [1.29, 1.82) is 0 Å². The number of hydrogen-bond acceptors (Lipinski definition) is 2. The van der Waals surface area contributed by atoms with Gasteiger partial charge in [-0.1, -0.05) is 49.9 Å². The molecule has 1 heterocycles. The van der Waals surface area contributed by atoms with E-state index in [0.29, 0.717) is 18.5 Å². The fourth-order valence-corrected chi connectivity index (χ4v) is 3.80. The number of rotatable bonds is 5. The molecule has 1 aliphatic carbocycles. The molecule has 0 aromatic heterocycles. The van der Waals surface area contributed by atoms with Crippen LogP contribution in [0.2, 0.25) is 0 Å². The van der Waals surface area contributed by atoms with Crippen LogP contribution in [0.1, 0.15) is 62.5 Å².